The third kappa shape index (κ3) is 4.31. The van der Waals surface area contributed by atoms with Gasteiger partial charge in [-0.25, -0.2) is 4.79 Å². The van der Waals surface area contributed by atoms with Gasteiger partial charge in [-0.2, -0.15) is 0 Å². The van der Waals surface area contributed by atoms with Gasteiger partial charge in [-0.05, 0) is 25.1 Å². The molecule has 3 amide bonds. The Morgan fingerprint density at radius 1 is 1.12 bits per heavy atom. The van der Waals surface area contributed by atoms with Gasteiger partial charge in [0.2, 0.25) is 6.79 Å². The van der Waals surface area contributed by atoms with Gasteiger partial charge in [0.1, 0.15) is 6.54 Å². The average Bonchev–Trinajstić information content (AvgIpc) is 3.10. The number of imide groups is 1. The average molecular weight is 356 g/mol. The molecule has 2 aromatic carbocycles. The fourth-order valence-electron chi connectivity index (χ4n) is 2.77. The van der Waals surface area contributed by atoms with Crippen LogP contribution in [0.4, 0.5) is 4.79 Å². The van der Waals surface area contributed by atoms with Crippen molar-refractivity contribution < 1.29 is 24.4 Å². The first-order chi connectivity index (χ1) is 12.7. The number of nitrogens with two attached hydrogens (primary N) is 1. The van der Waals surface area contributed by atoms with E-state index in [9.17, 15) is 9.59 Å². The van der Waals surface area contributed by atoms with E-state index in [1.54, 1.807) is 6.92 Å². The summed E-state index contributed by atoms with van der Waals surface area (Å²) in [5.41, 5.74) is 1.83. The van der Waals surface area contributed by atoms with Crippen molar-refractivity contribution in [2.45, 2.75) is 19.5 Å². The summed E-state index contributed by atoms with van der Waals surface area (Å²) in [4.78, 5) is 24.3. The van der Waals surface area contributed by atoms with Crippen molar-refractivity contribution in [3.8, 4) is 11.5 Å². The molecule has 0 saturated carbocycles. The lowest BCUT2D eigenvalue weighted by Gasteiger charge is -2.16. The van der Waals surface area contributed by atoms with Gasteiger partial charge >= 0.3 is 6.03 Å². The van der Waals surface area contributed by atoms with E-state index in [-0.39, 0.29) is 12.7 Å². The van der Waals surface area contributed by atoms with Gasteiger partial charge in [-0.3, -0.25) is 10.1 Å². The van der Waals surface area contributed by atoms with Crippen LogP contribution in [0.25, 0.3) is 0 Å². The summed E-state index contributed by atoms with van der Waals surface area (Å²) >= 11 is 0. The van der Waals surface area contributed by atoms with E-state index in [2.05, 4.69) is 10.6 Å². The second-order valence-corrected chi connectivity index (χ2v) is 5.86. The van der Waals surface area contributed by atoms with Crippen molar-refractivity contribution in [3.63, 3.8) is 0 Å². The van der Waals surface area contributed by atoms with Gasteiger partial charge in [0.05, 0.1) is 0 Å². The molecule has 1 aliphatic heterocycles. The Morgan fingerprint density at radius 2 is 1.88 bits per heavy atom. The molecule has 26 heavy (non-hydrogen) atoms. The van der Waals surface area contributed by atoms with Gasteiger partial charge in [0.15, 0.2) is 17.5 Å². The van der Waals surface area contributed by atoms with E-state index in [1.807, 2.05) is 53.8 Å². The molecule has 0 aliphatic carbocycles. The zero-order valence-corrected chi connectivity index (χ0v) is 14.5. The first kappa shape index (κ1) is 17.8. The zero-order chi connectivity index (χ0) is 18.4. The molecule has 0 spiro atoms. The Hall–Kier alpha value is -3.06. The molecule has 2 aromatic rings. The highest BCUT2D eigenvalue weighted by Gasteiger charge is 2.26. The number of carbonyl (C=O) groups is 2. The van der Waals surface area contributed by atoms with Crippen molar-refractivity contribution in [1.29, 1.82) is 0 Å². The molecule has 0 aromatic heterocycles. The second kappa shape index (κ2) is 8.35. The van der Waals surface area contributed by atoms with Crippen LogP contribution >= 0.6 is 0 Å². The van der Waals surface area contributed by atoms with E-state index in [4.69, 9.17) is 9.47 Å². The first-order valence-electron chi connectivity index (χ1n) is 8.53. The lowest BCUT2D eigenvalue weighted by atomic mass is 10.1. The van der Waals surface area contributed by atoms with Gasteiger partial charge in [0.25, 0.3) is 5.91 Å². The van der Waals surface area contributed by atoms with Crippen molar-refractivity contribution in [2.24, 2.45) is 0 Å². The number of ether oxygens (including phenoxy) is 2. The molecular weight excluding hydrogens is 334 g/mol. The van der Waals surface area contributed by atoms with Gasteiger partial charge in [-0.1, -0.05) is 30.3 Å². The smallest absolute Gasteiger partial charge is 0.321 e. The van der Waals surface area contributed by atoms with Crippen molar-refractivity contribution in [2.75, 3.05) is 13.3 Å². The fourth-order valence-corrected chi connectivity index (χ4v) is 2.77. The minimum Gasteiger partial charge on any atom is -0.454 e. The number of hydrogen-bond donors (Lipinski definition) is 3. The number of benzene rings is 2. The fraction of sp³-hybridized carbons (Fsp3) is 0.263. The molecule has 136 valence electrons. The molecule has 1 atom stereocenters. The molecule has 7 heteroatoms. The largest absolute Gasteiger partial charge is 0.454 e. The number of quaternary nitrogens is 1. The molecule has 4 N–H and O–H groups in total. The highest BCUT2D eigenvalue weighted by molar-refractivity contribution is 5.96. The minimum absolute atomic E-state index is 0.226. The van der Waals surface area contributed by atoms with E-state index >= 15 is 0 Å². The summed E-state index contributed by atoms with van der Waals surface area (Å²) in [5.74, 6) is 1.07. The molecular formula is C19H22N3O4+. The van der Waals surface area contributed by atoms with Crippen LogP contribution in [0.15, 0.2) is 48.5 Å². The van der Waals surface area contributed by atoms with Crippen molar-refractivity contribution >= 4 is 11.9 Å². The maximum atomic E-state index is 12.6. The molecule has 1 heterocycles. The summed E-state index contributed by atoms with van der Waals surface area (Å²) in [5, 5.41) is 6.85. The van der Waals surface area contributed by atoms with Crippen LogP contribution in [0, 0.1) is 0 Å². The van der Waals surface area contributed by atoms with Crippen molar-refractivity contribution in [1.82, 2.24) is 10.6 Å². The normalized spacial score (nSPS) is 13.1. The Labute approximate surface area is 151 Å². The molecule has 0 fully saturated rings. The minimum atomic E-state index is -0.538. The predicted molar refractivity (Wildman–Crippen MR) is 94.6 cm³/mol. The molecule has 0 bridgehead atoms. The predicted octanol–water partition coefficient (Wildman–Crippen LogP) is 1.07. The SMILES string of the molecule is CCNC(=O)NC(=O)[C@@H]([NH2+]Cc1ccc2c(c1)OCO2)c1ccccc1. The quantitative estimate of drug-likeness (QED) is 0.722. The zero-order valence-electron chi connectivity index (χ0n) is 14.5. The Kier molecular flexibility index (Phi) is 5.70. The Bertz CT molecular complexity index is 780. The Balaban J connectivity index is 1.71. The van der Waals surface area contributed by atoms with E-state index in [1.165, 1.54) is 0 Å². The lowest BCUT2D eigenvalue weighted by molar-refractivity contribution is -0.698. The van der Waals surface area contributed by atoms with Gasteiger partial charge < -0.3 is 20.1 Å². The highest BCUT2D eigenvalue weighted by atomic mass is 16.7. The number of carbonyl (C=O) groups excluding carboxylic acids is 2. The third-order valence-corrected chi connectivity index (χ3v) is 4.04. The van der Waals surface area contributed by atoms with E-state index < -0.39 is 12.1 Å². The van der Waals surface area contributed by atoms with Crippen molar-refractivity contribution in [3.05, 3.63) is 59.7 Å². The van der Waals surface area contributed by atoms with Crippen LogP contribution in [-0.2, 0) is 11.3 Å². The van der Waals surface area contributed by atoms with Crippen LogP contribution in [-0.4, -0.2) is 25.3 Å². The summed E-state index contributed by atoms with van der Waals surface area (Å²) in [7, 11) is 0. The van der Waals surface area contributed by atoms with Crippen LogP contribution in [0.2, 0.25) is 0 Å². The number of urea groups is 1. The standard InChI is InChI=1S/C19H21N3O4/c1-2-20-19(24)22-18(23)17(14-6-4-3-5-7-14)21-11-13-8-9-15-16(10-13)26-12-25-15/h3-10,17,21H,2,11-12H2,1H3,(H2,20,22,23,24)/p+1/t17-/m0/s1. The summed E-state index contributed by atoms with van der Waals surface area (Å²) < 4.78 is 10.7. The van der Waals surface area contributed by atoms with Gasteiger partial charge in [-0.15, -0.1) is 0 Å². The maximum Gasteiger partial charge on any atom is 0.321 e. The van der Waals surface area contributed by atoms with Crippen LogP contribution in [0.3, 0.4) is 0 Å². The third-order valence-electron chi connectivity index (χ3n) is 4.04. The Morgan fingerprint density at radius 3 is 2.65 bits per heavy atom. The maximum absolute atomic E-state index is 12.6. The van der Waals surface area contributed by atoms with Crippen LogP contribution in [0.5, 0.6) is 11.5 Å². The molecule has 1 aliphatic rings. The summed E-state index contributed by atoms with van der Waals surface area (Å²) in [6.07, 6.45) is 0. The molecule has 0 saturated heterocycles. The molecule has 0 radical (unpaired) electrons. The van der Waals surface area contributed by atoms with Crippen LogP contribution < -0.4 is 25.4 Å². The topological polar surface area (TPSA) is 93.3 Å². The molecule has 0 unspecified atom stereocenters. The number of nitrogens with one attached hydrogen (secondary N) is 2. The number of hydrogen-bond acceptors (Lipinski definition) is 4. The first-order valence-corrected chi connectivity index (χ1v) is 8.53. The number of amides is 3. The molecule has 3 rings (SSSR count). The highest BCUT2D eigenvalue weighted by Crippen LogP contribution is 2.32. The van der Waals surface area contributed by atoms with E-state index in [0.29, 0.717) is 18.8 Å². The molecule has 7 nitrogen and oxygen atoms in total. The summed E-state index contributed by atoms with van der Waals surface area (Å²) in [6.45, 7) is 3.03. The lowest BCUT2D eigenvalue weighted by Crippen LogP contribution is -2.86. The van der Waals surface area contributed by atoms with Crippen LogP contribution in [0.1, 0.15) is 24.1 Å². The number of rotatable bonds is 6. The number of fused-ring (bicyclic) bond motifs is 1. The van der Waals surface area contributed by atoms with Gasteiger partial charge in [0, 0.05) is 17.7 Å². The van der Waals surface area contributed by atoms with E-state index in [0.717, 1.165) is 16.9 Å². The monoisotopic (exact) mass is 356 g/mol. The second-order valence-electron chi connectivity index (χ2n) is 5.86. The summed E-state index contributed by atoms with van der Waals surface area (Å²) in [6, 6.07) is 14.1.